The number of hydrogen-bond acceptors (Lipinski definition) is 2. The largest absolute Gasteiger partial charge is 0.387 e. The number of likely N-dealkylation sites (tertiary alicyclic amines) is 1. The highest BCUT2D eigenvalue weighted by Crippen LogP contribution is 2.23. The molecule has 90 valence electrons. The quantitative estimate of drug-likeness (QED) is 0.783. The van der Waals surface area contributed by atoms with Gasteiger partial charge in [0, 0.05) is 6.54 Å². The van der Waals surface area contributed by atoms with E-state index in [0.29, 0.717) is 0 Å². The average Bonchev–Trinajstić information content (AvgIpc) is 2.33. The third kappa shape index (κ3) is 3.67. The SMILES string of the molecule is CN1CCC(CCCC2=CCNC=C2)CC1. The van der Waals surface area contributed by atoms with Crippen LogP contribution in [-0.2, 0) is 0 Å². The van der Waals surface area contributed by atoms with Gasteiger partial charge in [-0.1, -0.05) is 12.5 Å². The van der Waals surface area contributed by atoms with Gasteiger partial charge < -0.3 is 10.2 Å². The van der Waals surface area contributed by atoms with Crippen molar-refractivity contribution in [2.45, 2.75) is 32.1 Å². The lowest BCUT2D eigenvalue weighted by molar-refractivity contribution is 0.210. The van der Waals surface area contributed by atoms with Crippen LogP contribution in [0.4, 0.5) is 0 Å². The van der Waals surface area contributed by atoms with Gasteiger partial charge in [-0.25, -0.2) is 0 Å². The molecule has 0 bridgehead atoms. The predicted molar refractivity (Wildman–Crippen MR) is 69.3 cm³/mol. The van der Waals surface area contributed by atoms with E-state index in [1.807, 2.05) is 0 Å². The van der Waals surface area contributed by atoms with Crippen molar-refractivity contribution in [1.29, 1.82) is 0 Å². The lowest BCUT2D eigenvalue weighted by Gasteiger charge is -2.28. The van der Waals surface area contributed by atoms with Crippen molar-refractivity contribution in [3.05, 3.63) is 23.9 Å². The fourth-order valence-electron chi connectivity index (χ4n) is 2.62. The Kier molecular flexibility index (Phi) is 4.46. The molecule has 2 heteroatoms. The molecule has 2 rings (SSSR count). The van der Waals surface area contributed by atoms with Gasteiger partial charge in [0.1, 0.15) is 0 Å². The van der Waals surface area contributed by atoms with Crippen LogP contribution in [0.3, 0.4) is 0 Å². The summed E-state index contributed by atoms with van der Waals surface area (Å²) in [6.07, 6.45) is 13.5. The molecule has 0 aromatic carbocycles. The van der Waals surface area contributed by atoms with Crippen LogP contribution in [0.1, 0.15) is 32.1 Å². The monoisotopic (exact) mass is 220 g/mol. The molecule has 1 saturated heterocycles. The molecule has 0 radical (unpaired) electrons. The zero-order valence-corrected chi connectivity index (χ0v) is 10.4. The van der Waals surface area contributed by atoms with Crippen molar-refractivity contribution >= 4 is 0 Å². The molecule has 2 heterocycles. The highest BCUT2D eigenvalue weighted by Gasteiger charge is 2.15. The molecule has 16 heavy (non-hydrogen) atoms. The van der Waals surface area contributed by atoms with Gasteiger partial charge in [-0.15, -0.1) is 0 Å². The Bertz CT molecular complexity index is 260. The minimum atomic E-state index is 0.988. The lowest BCUT2D eigenvalue weighted by Crippen LogP contribution is -2.30. The Hall–Kier alpha value is -0.760. The van der Waals surface area contributed by atoms with Gasteiger partial charge >= 0.3 is 0 Å². The minimum absolute atomic E-state index is 0.988. The number of allylic oxidation sites excluding steroid dienone is 2. The van der Waals surface area contributed by atoms with Crippen molar-refractivity contribution in [2.75, 3.05) is 26.7 Å². The van der Waals surface area contributed by atoms with Gasteiger partial charge in [0.25, 0.3) is 0 Å². The maximum atomic E-state index is 3.20. The summed E-state index contributed by atoms with van der Waals surface area (Å²) in [6.45, 7) is 3.62. The fourth-order valence-corrected chi connectivity index (χ4v) is 2.62. The molecule has 0 aromatic heterocycles. The Morgan fingerprint density at radius 1 is 1.38 bits per heavy atom. The molecule has 0 aromatic rings. The molecule has 2 nitrogen and oxygen atoms in total. The van der Waals surface area contributed by atoms with Crippen LogP contribution in [0.15, 0.2) is 23.9 Å². The maximum absolute atomic E-state index is 3.20. The van der Waals surface area contributed by atoms with Crippen LogP contribution >= 0.6 is 0 Å². The van der Waals surface area contributed by atoms with Gasteiger partial charge in [0.05, 0.1) is 0 Å². The van der Waals surface area contributed by atoms with Crippen molar-refractivity contribution in [2.24, 2.45) is 5.92 Å². The van der Waals surface area contributed by atoms with E-state index in [2.05, 4.69) is 35.6 Å². The molecule has 0 unspecified atom stereocenters. The second-order valence-corrected chi connectivity index (χ2v) is 5.16. The molecule has 2 aliphatic rings. The van der Waals surface area contributed by atoms with E-state index in [0.717, 1.165) is 12.5 Å². The van der Waals surface area contributed by atoms with E-state index < -0.39 is 0 Å². The van der Waals surface area contributed by atoms with E-state index in [-0.39, 0.29) is 0 Å². The Balaban J connectivity index is 1.61. The smallest absolute Gasteiger partial charge is 0.0330 e. The van der Waals surface area contributed by atoms with Crippen molar-refractivity contribution in [1.82, 2.24) is 10.2 Å². The van der Waals surface area contributed by atoms with Crippen LogP contribution in [0, 0.1) is 5.92 Å². The average molecular weight is 220 g/mol. The first-order valence-corrected chi connectivity index (χ1v) is 6.62. The third-order valence-corrected chi connectivity index (χ3v) is 3.81. The number of nitrogens with zero attached hydrogens (tertiary/aromatic N) is 1. The van der Waals surface area contributed by atoms with E-state index in [9.17, 15) is 0 Å². The van der Waals surface area contributed by atoms with E-state index in [4.69, 9.17) is 0 Å². The predicted octanol–water partition coefficient (Wildman–Crippen LogP) is 2.54. The first kappa shape index (κ1) is 11.7. The van der Waals surface area contributed by atoms with E-state index in [1.54, 1.807) is 0 Å². The summed E-state index contributed by atoms with van der Waals surface area (Å²) in [6, 6.07) is 0. The summed E-state index contributed by atoms with van der Waals surface area (Å²) >= 11 is 0. The second kappa shape index (κ2) is 6.09. The molecule has 2 aliphatic heterocycles. The van der Waals surface area contributed by atoms with Crippen LogP contribution in [0.25, 0.3) is 0 Å². The molecule has 1 N–H and O–H groups in total. The van der Waals surface area contributed by atoms with Crippen molar-refractivity contribution in [3.8, 4) is 0 Å². The molecule has 0 saturated carbocycles. The third-order valence-electron chi connectivity index (χ3n) is 3.81. The zero-order valence-electron chi connectivity index (χ0n) is 10.4. The molecular weight excluding hydrogens is 196 g/mol. The highest BCUT2D eigenvalue weighted by molar-refractivity contribution is 5.21. The van der Waals surface area contributed by atoms with Gasteiger partial charge in [-0.05, 0) is 69.6 Å². The van der Waals surface area contributed by atoms with Crippen LogP contribution in [0.2, 0.25) is 0 Å². The zero-order chi connectivity index (χ0) is 11.2. The number of piperidine rings is 1. The summed E-state index contributed by atoms with van der Waals surface area (Å²) in [5.74, 6) is 0.988. The summed E-state index contributed by atoms with van der Waals surface area (Å²) in [5.41, 5.74) is 1.52. The van der Waals surface area contributed by atoms with Gasteiger partial charge in [0.15, 0.2) is 0 Å². The lowest BCUT2D eigenvalue weighted by atomic mass is 9.91. The minimum Gasteiger partial charge on any atom is -0.387 e. The van der Waals surface area contributed by atoms with Crippen LogP contribution in [0.5, 0.6) is 0 Å². The fraction of sp³-hybridized carbons (Fsp3) is 0.714. The number of nitrogens with one attached hydrogen (secondary N) is 1. The topological polar surface area (TPSA) is 15.3 Å². The molecule has 0 spiro atoms. The van der Waals surface area contributed by atoms with E-state index >= 15 is 0 Å². The first-order valence-electron chi connectivity index (χ1n) is 6.62. The summed E-state index contributed by atoms with van der Waals surface area (Å²) in [7, 11) is 2.24. The normalized spacial score (nSPS) is 22.9. The first-order chi connectivity index (χ1) is 7.84. The van der Waals surface area contributed by atoms with Crippen LogP contribution < -0.4 is 5.32 Å². The Morgan fingerprint density at radius 3 is 2.88 bits per heavy atom. The molecule has 0 aliphatic carbocycles. The van der Waals surface area contributed by atoms with Crippen LogP contribution in [-0.4, -0.2) is 31.6 Å². The number of hydrogen-bond donors (Lipinski definition) is 1. The molecule has 0 amide bonds. The Morgan fingerprint density at radius 2 is 2.19 bits per heavy atom. The summed E-state index contributed by atoms with van der Waals surface area (Å²) < 4.78 is 0. The highest BCUT2D eigenvalue weighted by atomic mass is 15.1. The van der Waals surface area contributed by atoms with Crippen molar-refractivity contribution in [3.63, 3.8) is 0 Å². The maximum Gasteiger partial charge on any atom is 0.0330 e. The molecular formula is C14H24N2. The number of rotatable bonds is 4. The summed E-state index contributed by atoms with van der Waals surface area (Å²) in [4.78, 5) is 2.45. The molecule has 0 atom stereocenters. The second-order valence-electron chi connectivity index (χ2n) is 5.16. The van der Waals surface area contributed by atoms with E-state index in [1.165, 1.54) is 50.8 Å². The van der Waals surface area contributed by atoms with Gasteiger partial charge in [0.2, 0.25) is 0 Å². The van der Waals surface area contributed by atoms with Gasteiger partial charge in [-0.2, -0.15) is 0 Å². The molecule has 1 fully saturated rings. The van der Waals surface area contributed by atoms with Gasteiger partial charge in [-0.3, -0.25) is 0 Å². The number of dihydropyridines is 1. The summed E-state index contributed by atoms with van der Waals surface area (Å²) in [5, 5.41) is 3.20. The standard InChI is InChI=1S/C14H24N2/c1-16-11-7-14(8-12-16)4-2-3-13-5-9-15-10-6-13/h5-6,9,14-15H,2-4,7-8,10-12H2,1H3. The van der Waals surface area contributed by atoms with Crippen molar-refractivity contribution < 1.29 is 0 Å². The Labute approximate surface area is 99.4 Å².